The zero-order chi connectivity index (χ0) is 12.3. The Hall–Kier alpha value is -1.36. The maximum atomic E-state index is 11.4. The van der Waals surface area contributed by atoms with Crippen LogP contribution in [0.5, 0.6) is 0 Å². The Bertz CT molecular complexity index is 383. The highest BCUT2D eigenvalue weighted by molar-refractivity contribution is 5.74. The van der Waals surface area contributed by atoms with E-state index in [2.05, 4.69) is 10.3 Å². The van der Waals surface area contributed by atoms with Crippen LogP contribution in [0.4, 0.5) is 0 Å². The monoisotopic (exact) mass is 237 g/mol. The van der Waals surface area contributed by atoms with Crippen molar-refractivity contribution < 1.29 is 9.90 Å². The van der Waals surface area contributed by atoms with Crippen molar-refractivity contribution in [2.45, 2.75) is 51.2 Å². The van der Waals surface area contributed by atoms with Crippen LogP contribution >= 0.6 is 0 Å². The highest BCUT2D eigenvalue weighted by Crippen LogP contribution is 2.22. The third-order valence-corrected chi connectivity index (χ3v) is 3.39. The number of aryl methyl sites for hydroxylation is 1. The Morgan fingerprint density at radius 2 is 2.35 bits per heavy atom. The molecule has 2 rings (SSSR count). The highest BCUT2D eigenvalue weighted by Gasteiger charge is 2.27. The Morgan fingerprint density at radius 3 is 2.94 bits per heavy atom. The summed E-state index contributed by atoms with van der Waals surface area (Å²) in [6.45, 7) is 2.73. The lowest BCUT2D eigenvalue weighted by Gasteiger charge is -2.20. The number of carboxylic acid groups (broad SMARTS) is 1. The molecule has 0 bridgehead atoms. The van der Waals surface area contributed by atoms with Gasteiger partial charge in [0.25, 0.3) is 0 Å². The lowest BCUT2D eigenvalue weighted by atomic mass is 10.1. The fraction of sp³-hybridized carbons (Fsp3) is 0.667. The summed E-state index contributed by atoms with van der Waals surface area (Å²) < 4.78 is 1.88. The number of aliphatic carboxylic acids is 1. The van der Waals surface area contributed by atoms with Gasteiger partial charge in [0, 0.05) is 12.6 Å². The van der Waals surface area contributed by atoms with Gasteiger partial charge in [0.2, 0.25) is 0 Å². The van der Waals surface area contributed by atoms with E-state index in [1.54, 1.807) is 12.5 Å². The summed E-state index contributed by atoms with van der Waals surface area (Å²) >= 11 is 0. The van der Waals surface area contributed by atoms with Crippen LogP contribution in [0.1, 0.15) is 44.3 Å². The van der Waals surface area contributed by atoms with Crippen LogP contribution in [0.2, 0.25) is 0 Å². The van der Waals surface area contributed by atoms with Gasteiger partial charge in [0.15, 0.2) is 0 Å². The standard InChI is InChI=1S/C12H19N3O2/c1-2-15-8-13-7-10(15)11(12(16)17)14-9-5-3-4-6-9/h7-9,11,14H,2-6H2,1H3,(H,16,17). The second kappa shape index (κ2) is 5.31. The van der Waals surface area contributed by atoms with Crippen molar-refractivity contribution >= 4 is 5.97 Å². The molecule has 1 atom stereocenters. The zero-order valence-electron chi connectivity index (χ0n) is 10.1. The van der Waals surface area contributed by atoms with Crippen LogP contribution < -0.4 is 5.32 Å². The molecule has 1 unspecified atom stereocenters. The van der Waals surface area contributed by atoms with E-state index >= 15 is 0 Å². The minimum absolute atomic E-state index is 0.330. The number of nitrogens with one attached hydrogen (secondary N) is 1. The van der Waals surface area contributed by atoms with Gasteiger partial charge in [-0.3, -0.25) is 10.1 Å². The molecule has 0 amide bonds. The van der Waals surface area contributed by atoms with Gasteiger partial charge in [-0.15, -0.1) is 0 Å². The fourth-order valence-electron chi connectivity index (χ4n) is 2.45. The van der Waals surface area contributed by atoms with Gasteiger partial charge in [-0.2, -0.15) is 0 Å². The number of aromatic nitrogens is 2. The van der Waals surface area contributed by atoms with Crippen LogP contribution in [-0.4, -0.2) is 26.7 Å². The van der Waals surface area contributed by atoms with Crippen LogP contribution in [0, 0.1) is 0 Å². The molecular weight excluding hydrogens is 218 g/mol. The van der Waals surface area contributed by atoms with Crippen LogP contribution in [0.3, 0.4) is 0 Å². The molecule has 5 nitrogen and oxygen atoms in total. The number of nitrogens with zero attached hydrogens (tertiary/aromatic N) is 2. The van der Waals surface area contributed by atoms with E-state index in [0.717, 1.165) is 25.1 Å². The second-order valence-electron chi connectivity index (χ2n) is 4.52. The maximum absolute atomic E-state index is 11.4. The third-order valence-electron chi connectivity index (χ3n) is 3.39. The van der Waals surface area contributed by atoms with Gasteiger partial charge in [-0.1, -0.05) is 12.8 Å². The molecule has 2 N–H and O–H groups in total. The minimum atomic E-state index is -0.827. The van der Waals surface area contributed by atoms with Crippen LogP contribution in [0.15, 0.2) is 12.5 Å². The van der Waals surface area contributed by atoms with Gasteiger partial charge in [0.05, 0.1) is 18.2 Å². The summed E-state index contributed by atoms with van der Waals surface area (Å²) in [6.07, 6.45) is 7.86. The van der Waals surface area contributed by atoms with E-state index in [1.807, 2.05) is 11.5 Å². The first-order chi connectivity index (χ1) is 8.22. The molecule has 1 aliphatic carbocycles. The number of carbonyl (C=O) groups is 1. The maximum Gasteiger partial charge on any atom is 0.326 e. The molecule has 0 aliphatic heterocycles. The van der Waals surface area contributed by atoms with Gasteiger partial charge >= 0.3 is 5.97 Å². The van der Waals surface area contributed by atoms with Crippen molar-refractivity contribution in [1.82, 2.24) is 14.9 Å². The molecule has 1 fully saturated rings. The molecule has 1 aromatic heterocycles. The first kappa shape index (κ1) is 12.1. The van der Waals surface area contributed by atoms with Gasteiger partial charge < -0.3 is 9.67 Å². The predicted molar refractivity (Wildman–Crippen MR) is 63.7 cm³/mol. The SMILES string of the molecule is CCn1cncc1C(NC1CCCC1)C(=O)O. The Kier molecular flexibility index (Phi) is 3.78. The first-order valence-electron chi connectivity index (χ1n) is 6.21. The lowest BCUT2D eigenvalue weighted by Crippen LogP contribution is -2.36. The molecule has 0 radical (unpaired) electrons. The summed E-state index contributed by atoms with van der Waals surface area (Å²) in [7, 11) is 0. The summed E-state index contributed by atoms with van der Waals surface area (Å²) in [6, 6.07) is -0.308. The lowest BCUT2D eigenvalue weighted by molar-refractivity contribution is -0.140. The van der Waals surface area contributed by atoms with E-state index in [-0.39, 0.29) is 0 Å². The zero-order valence-corrected chi connectivity index (χ0v) is 10.1. The molecule has 0 aromatic carbocycles. The van der Waals surface area contributed by atoms with Crippen molar-refractivity contribution in [3.63, 3.8) is 0 Å². The van der Waals surface area contributed by atoms with E-state index < -0.39 is 12.0 Å². The molecular formula is C12H19N3O2. The van der Waals surface area contributed by atoms with E-state index in [0.29, 0.717) is 6.04 Å². The second-order valence-corrected chi connectivity index (χ2v) is 4.52. The molecule has 1 heterocycles. The van der Waals surface area contributed by atoms with Crippen LogP contribution in [-0.2, 0) is 11.3 Å². The van der Waals surface area contributed by atoms with Crippen LogP contribution in [0.25, 0.3) is 0 Å². The first-order valence-corrected chi connectivity index (χ1v) is 6.21. The quantitative estimate of drug-likeness (QED) is 0.815. The van der Waals surface area contributed by atoms with Crippen molar-refractivity contribution in [3.05, 3.63) is 18.2 Å². The summed E-state index contributed by atoms with van der Waals surface area (Å²) in [5.74, 6) is -0.827. The van der Waals surface area contributed by atoms with E-state index in [4.69, 9.17) is 0 Å². The molecule has 0 saturated heterocycles. The molecule has 1 aliphatic rings. The number of rotatable bonds is 5. The molecule has 0 spiro atoms. The average molecular weight is 237 g/mol. The van der Waals surface area contributed by atoms with Gasteiger partial charge in [0.1, 0.15) is 6.04 Å². The minimum Gasteiger partial charge on any atom is -0.480 e. The highest BCUT2D eigenvalue weighted by atomic mass is 16.4. The predicted octanol–water partition coefficient (Wildman–Crippen LogP) is 1.56. The Morgan fingerprint density at radius 1 is 1.65 bits per heavy atom. The molecule has 5 heteroatoms. The summed E-state index contributed by atoms with van der Waals surface area (Å²) in [5, 5.41) is 12.6. The van der Waals surface area contributed by atoms with Crippen molar-refractivity contribution in [3.8, 4) is 0 Å². The number of imidazole rings is 1. The molecule has 1 saturated carbocycles. The molecule has 94 valence electrons. The number of carboxylic acids is 1. The number of hydrogen-bond donors (Lipinski definition) is 2. The van der Waals surface area contributed by atoms with E-state index in [9.17, 15) is 9.90 Å². The average Bonchev–Trinajstić information content (AvgIpc) is 2.96. The summed E-state index contributed by atoms with van der Waals surface area (Å²) in [5.41, 5.74) is 0.743. The molecule has 1 aromatic rings. The smallest absolute Gasteiger partial charge is 0.326 e. The molecule has 17 heavy (non-hydrogen) atoms. The summed E-state index contributed by atoms with van der Waals surface area (Å²) in [4.78, 5) is 15.4. The largest absolute Gasteiger partial charge is 0.480 e. The fourth-order valence-corrected chi connectivity index (χ4v) is 2.45. The van der Waals surface area contributed by atoms with E-state index in [1.165, 1.54) is 12.8 Å². The topological polar surface area (TPSA) is 67.2 Å². The van der Waals surface area contributed by atoms with Crippen molar-refractivity contribution in [2.75, 3.05) is 0 Å². The van der Waals surface area contributed by atoms with Crippen molar-refractivity contribution in [2.24, 2.45) is 0 Å². The third kappa shape index (κ3) is 2.66. The van der Waals surface area contributed by atoms with Gasteiger partial charge in [-0.25, -0.2) is 4.98 Å². The Labute approximate surface area is 101 Å². The van der Waals surface area contributed by atoms with Crippen molar-refractivity contribution in [1.29, 1.82) is 0 Å². The van der Waals surface area contributed by atoms with Gasteiger partial charge in [-0.05, 0) is 19.8 Å². The normalized spacial score (nSPS) is 18.4. The Balaban J connectivity index is 2.13. The number of hydrogen-bond acceptors (Lipinski definition) is 3.